The van der Waals surface area contributed by atoms with Crippen LogP contribution in [0.3, 0.4) is 0 Å². The summed E-state index contributed by atoms with van der Waals surface area (Å²) in [4.78, 5) is 40.7. The van der Waals surface area contributed by atoms with Crippen LogP contribution in [0.2, 0.25) is 0 Å². The molecular weight excluding hydrogens is 598 g/mol. The van der Waals surface area contributed by atoms with Crippen LogP contribution in [0.4, 0.5) is 0 Å². The molecule has 2 amide bonds. The Kier molecular flexibility index (Phi) is 11.1. The number of fused-ring (bicyclic) bond motifs is 2. The predicted octanol–water partition coefficient (Wildman–Crippen LogP) is 5.74. The molecule has 3 heterocycles. The molecule has 6 rings (SSSR count). The average Bonchev–Trinajstić information content (AvgIpc) is 3.13. The maximum Gasteiger partial charge on any atom is 0.253 e. The first-order chi connectivity index (χ1) is 23.5. The maximum absolute atomic E-state index is 13.8. The summed E-state index contributed by atoms with van der Waals surface area (Å²) in [6, 6.07) is 27.1. The fourth-order valence-electron chi connectivity index (χ4n) is 6.41. The van der Waals surface area contributed by atoms with Gasteiger partial charge in [0.15, 0.2) is 0 Å². The first-order valence-corrected chi connectivity index (χ1v) is 16.9. The zero-order valence-corrected chi connectivity index (χ0v) is 27.4. The van der Waals surface area contributed by atoms with E-state index in [9.17, 15) is 9.59 Å². The lowest BCUT2D eigenvalue weighted by atomic mass is 9.92. The normalized spacial score (nSPS) is 15.3. The van der Waals surface area contributed by atoms with Crippen LogP contribution in [-0.2, 0) is 24.3 Å². The summed E-state index contributed by atoms with van der Waals surface area (Å²) in [5.74, 6) is -0.538. The molecule has 2 aromatic carbocycles. The molecule has 48 heavy (non-hydrogen) atoms. The molecule has 5 aromatic rings. The van der Waals surface area contributed by atoms with Crippen molar-refractivity contribution < 1.29 is 9.59 Å². The van der Waals surface area contributed by atoms with E-state index in [2.05, 4.69) is 60.5 Å². The Morgan fingerprint density at radius 1 is 0.833 bits per heavy atom. The van der Waals surface area contributed by atoms with Gasteiger partial charge in [0.05, 0.1) is 28.7 Å². The molecule has 1 aliphatic carbocycles. The number of nitrogens with one attached hydrogen (secondary N) is 4. The smallest absolute Gasteiger partial charge is 0.253 e. The number of rotatable bonds is 14. The van der Waals surface area contributed by atoms with Gasteiger partial charge in [-0.15, -0.1) is 0 Å². The summed E-state index contributed by atoms with van der Waals surface area (Å²) < 4.78 is 0. The summed E-state index contributed by atoms with van der Waals surface area (Å²) in [6.07, 6.45) is 9.59. The van der Waals surface area contributed by atoms with E-state index in [-0.39, 0.29) is 23.9 Å². The van der Waals surface area contributed by atoms with E-state index < -0.39 is 6.04 Å². The highest BCUT2D eigenvalue weighted by Crippen LogP contribution is 2.28. The predicted molar refractivity (Wildman–Crippen MR) is 188 cm³/mol. The van der Waals surface area contributed by atoms with Crippen molar-refractivity contribution in [2.24, 2.45) is 0 Å². The summed E-state index contributed by atoms with van der Waals surface area (Å²) in [5, 5.41) is 15.4. The van der Waals surface area contributed by atoms with Gasteiger partial charge in [0.1, 0.15) is 6.04 Å². The molecular formula is C39H43N7O2. The van der Waals surface area contributed by atoms with Crippen LogP contribution in [0.5, 0.6) is 0 Å². The largest absolute Gasteiger partial charge is 0.348 e. The lowest BCUT2D eigenvalue weighted by molar-refractivity contribution is -0.123. The van der Waals surface area contributed by atoms with E-state index >= 15 is 0 Å². The van der Waals surface area contributed by atoms with Crippen LogP contribution < -0.4 is 21.3 Å². The van der Waals surface area contributed by atoms with Gasteiger partial charge in [0, 0.05) is 37.7 Å². The molecule has 246 valence electrons. The van der Waals surface area contributed by atoms with Crippen LogP contribution >= 0.6 is 0 Å². The van der Waals surface area contributed by atoms with Gasteiger partial charge in [-0.25, -0.2) is 0 Å². The Balaban J connectivity index is 1.09. The average molecular weight is 642 g/mol. The summed E-state index contributed by atoms with van der Waals surface area (Å²) in [5.41, 5.74) is 5.63. The lowest BCUT2D eigenvalue weighted by Crippen LogP contribution is -2.47. The molecule has 0 spiro atoms. The summed E-state index contributed by atoms with van der Waals surface area (Å²) in [6.45, 7) is 3.86. The first-order valence-electron chi connectivity index (χ1n) is 16.9. The first kappa shape index (κ1) is 32.9. The number of aromatic nitrogens is 3. The second kappa shape index (κ2) is 16.2. The van der Waals surface area contributed by atoms with Crippen LogP contribution in [0.25, 0.3) is 10.8 Å². The van der Waals surface area contributed by atoms with Gasteiger partial charge in [-0.1, -0.05) is 54.6 Å². The molecule has 1 unspecified atom stereocenters. The summed E-state index contributed by atoms with van der Waals surface area (Å²) >= 11 is 0. The minimum absolute atomic E-state index is 0.200. The highest BCUT2D eigenvalue weighted by atomic mass is 16.2. The van der Waals surface area contributed by atoms with E-state index in [1.54, 1.807) is 18.5 Å². The maximum atomic E-state index is 13.8. The minimum atomic E-state index is -0.715. The van der Waals surface area contributed by atoms with Crippen molar-refractivity contribution in [1.29, 1.82) is 0 Å². The molecule has 3 atom stereocenters. The monoisotopic (exact) mass is 641 g/mol. The minimum Gasteiger partial charge on any atom is -0.348 e. The van der Waals surface area contributed by atoms with E-state index in [0.717, 1.165) is 52.7 Å². The van der Waals surface area contributed by atoms with Crippen molar-refractivity contribution in [2.45, 2.75) is 70.2 Å². The quantitative estimate of drug-likeness (QED) is 0.114. The molecule has 1 aliphatic rings. The molecule has 0 saturated heterocycles. The van der Waals surface area contributed by atoms with E-state index in [4.69, 9.17) is 0 Å². The molecule has 4 N–H and O–H groups in total. The number of nitrogens with zero attached hydrogens (tertiary/aromatic N) is 3. The third kappa shape index (κ3) is 8.48. The second-order valence-corrected chi connectivity index (χ2v) is 12.4. The van der Waals surface area contributed by atoms with Gasteiger partial charge in [-0.2, -0.15) is 0 Å². The molecule has 0 radical (unpaired) electrons. The Bertz CT molecular complexity index is 1810. The van der Waals surface area contributed by atoms with Crippen molar-refractivity contribution in [2.75, 3.05) is 6.54 Å². The van der Waals surface area contributed by atoms with E-state index in [1.165, 1.54) is 5.56 Å². The topological polar surface area (TPSA) is 121 Å². The molecule has 0 fully saturated rings. The van der Waals surface area contributed by atoms with Crippen molar-refractivity contribution in [3.8, 4) is 0 Å². The third-order valence-corrected chi connectivity index (χ3v) is 8.95. The molecule has 0 saturated carbocycles. The van der Waals surface area contributed by atoms with Gasteiger partial charge in [0.25, 0.3) is 5.91 Å². The number of carbonyl (C=O) groups excluding carboxylic acids is 2. The van der Waals surface area contributed by atoms with Crippen LogP contribution in [-0.4, -0.2) is 39.4 Å². The SMILES string of the molecule is C[C@H](NC(=O)[C@H](CCCNC1CCCc2cccnc21)NC(=O)c1ccc(CNCc2ccccn2)nc1)c1cccc2ccccc12. The van der Waals surface area contributed by atoms with E-state index in [1.807, 2.05) is 67.7 Å². The van der Waals surface area contributed by atoms with Gasteiger partial charge < -0.3 is 21.3 Å². The number of hydrogen-bond acceptors (Lipinski definition) is 7. The number of benzene rings is 2. The van der Waals surface area contributed by atoms with Gasteiger partial charge >= 0.3 is 0 Å². The highest BCUT2D eigenvalue weighted by Gasteiger charge is 2.25. The molecule has 9 nitrogen and oxygen atoms in total. The Hall–Kier alpha value is -4.99. The standard InChI is InChI=1S/C39H43N7O2/c1-27(33-16-6-11-28-10-2-3-15-34(28)33)45-39(48)36(18-9-22-42-35-17-7-12-29-13-8-23-43-37(29)35)46-38(47)30-19-20-32(44-24-30)26-40-25-31-14-4-5-21-41-31/h2-6,8,10-11,13-16,19-21,23-24,27,35-36,40,42H,7,9,12,17-18,22,25-26H2,1H3,(H,45,48)(H,46,47)/t27-,35?,36-/m0/s1. The van der Waals surface area contributed by atoms with Crippen LogP contribution in [0.1, 0.15) is 83.3 Å². The highest BCUT2D eigenvalue weighted by molar-refractivity contribution is 5.97. The molecule has 0 bridgehead atoms. The summed E-state index contributed by atoms with van der Waals surface area (Å²) in [7, 11) is 0. The van der Waals surface area contributed by atoms with Gasteiger partial charge in [-0.05, 0) is 97.8 Å². The van der Waals surface area contributed by atoms with Crippen molar-refractivity contribution in [3.63, 3.8) is 0 Å². The zero-order valence-electron chi connectivity index (χ0n) is 27.4. The fraction of sp³-hybridized carbons (Fsp3) is 0.308. The Morgan fingerprint density at radius 2 is 1.65 bits per heavy atom. The zero-order chi connectivity index (χ0) is 33.1. The van der Waals surface area contributed by atoms with Crippen LogP contribution in [0.15, 0.2) is 104 Å². The molecule has 3 aromatic heterocycles. The Labute approximate surface area is 282 Å². The number of hydrogen-bond donors (Lipinski definition) is 4. The molecule has 0 aliphatic heterocycles. The lowest BCUT2D eigenvalue weighted by Gasteiger charge is -2.26. The number of aryl methyl sites for hydroxylation is 1. The van der Waals surface area contributed by atoms with Crippen LogP contribution in [0, 0.1) is 0 Å². The van der Waals surface area contributed by atoms with Crippen molar-refractivity contribution in [3.05, 3.63) is 137 Å². The number of amides is 2. The number of carbonyl (C=O) groups is 2. The molecule has 9 heteroatoms. The van der Waals surface area contributed by atoms with E-state index in [0.29, 0.717) is 38.0 Å². The third-order valence-electron chi connectivity index (χ3n) is 8.95. The van der Waals surface area contributed by atoms with Gasteiger partial charge in [-0.3, -0.25) is 24.5 Å². The second-order valence-electron chi connectivity index (χ2n) is 12.4. The fourth-order valence-corrected chi connectivity index (χ4v) is 6.41. The number of pyridine rings is 3. The van der Waals surface area contributed by atoms with Crippen molar-refractivity contribution in [1.82, 2.24) is 36.2 Å². The van der Waals surface area contributed by atoms with Crippen molar-refractivity contribution >= 4 is 22.6 Å². The van der Waals surface area contributed by atoms with Gasteiger partial charge in [0.2, 0.25) is 5.91 Å². The Morgan fingerprint density at radius 3 is 2.48 bits per heavy atom.